The second kappa shape index (κ2) is 5.09. The topological polar surface area (TPSA) is 107 Å². The summed E-state index contributed by atoms with van der Waals surface area (Å²) >= 11 is 0. The van der Waals surface area contributed by atoms with Gasteiger partial charge in [-0.05, 0) is 19.3 Å². The van der Waals surface area contributed by atoms with Crippen LogP contribution in [0.5, 0.6) is 0 Å². The SMILES string of the molecule is NC(=O)COCCNC(=O)C1(N)CCC1. The number of amides is 2. The van der Waals surface area contributed by atoms with E-state index in [2.05, 4.69) is 5.32 Å². The summed E-state index contributed by atoms with van der Waals surface area (Å²) in [6.45, 7) is 0.499. The van der Waals surface area contributed by atoms with Crippen LogP contribution < -0.4 is 16.8 Å². The van der Waals surface area contributed by atoms with E-state index in [1.54, 1.807) is 0 Å². The van der Waals surface area contributed by atoms with Crippen LogP contribution >= 0.6 is 0 Å². The smallest absolute Gasteiger partial charge is 0.243 e. The van der Waals surface area contributed by atoms with Crippen molar-refractivity contribution in [3.8, 4) is 0 Å². The number of ether oxygens (including phenoxy) is 1. The Morgan fingerprint density at radius 2 is 2.07 bits per heavy atom. The van der Waals surface area contributed by atoms with E-state index in [1.807, 2.05) is 0 Å². The molecule has 15 heavy (non-hydrogen) atoms. The van der Waals surface area contributed by atoms with E-state index in [-0.39, 0.29) is 19.1 Å². The Bertz CT molecular complexity index is 251. The van der Waals surface area contributed by atoms with Gasteiger partial charge in [0.15, 0.2) is 0 Å². The zero-order valence-corrected chi connectivity index (χ0v) is 8.62. The average molecular weight is 215 g/mol. The predicted octanol–water partition coefficient (Wildman–Crippen LogP) is -1.51. The Kier molecular flexibility index (Phi) is 4.05. The van der Waals surface area contributed by atoms with Gasteiger partial charge in [0.25, 0.3) is 0 Å². The molecule has 6 nitrogen and oxygen atoms in total. The van der Waals surface area contributed by atoms with Gasteiger partial charge >= 0.3 is 0 Å². The van der Waals surface area contributed by atoms with Crippen LogP contribution in [0.15, 0.2) is 0 Å². The number of carbonyl (C=O) groups excluding carboxylic acids is 2. The van der Waals surface area contributed by atoms with Gasteiger partial charge in [-0.25, -0.2) is 0 Å². The second-order valence-electron chi connectivity index (χ2n) is 3.78. The molecule has 0 aromatic heterocycles. The molecule has 86 valence electrons. The molecule has 1 saturated carbocycles. The standard InChI is InChI=1S/C9H17N3O3/c10-7(13)6-15-5-4-12-8(14)9(11)2-1-3-9/h1-6,11H2,(H2,10,13)(H,12,14). The number of nitrogens with one attached hydrogen (secondary N) is 1. The lowest BCUT2D eigenvalue weighted by atomic mass is 9.77. The van der Waals surface area contributed by atoms with Crippen molar-refractivity contribution in [2.75, 3.05) is 19.8 Å². The monoisotopic (exact) mass is 215 g/mol. The maximum absolute atomic E-state index is 11.5. The molecule has 0 unspecified atom stereocenters. The van der Waals surface area contributed by atoms with Gasteiger partial charge in [0.05, 0.1) is 12.1 Å². The van der Waals surface area contributed by atoms with Crippen LogP contribution in [-0.2, 0) is 14.3 Å². The van der Waals surface area contributed by atoms with Crippen LogP contribution in [-0.4, -0.2) is 37.1 Å². The number of primary amides is 1. The number of hydrogen-bond donors (Lipinski definition) is 3. The van der Waals surface area contributed by atoms with Gasteiger partial charge in [-0.2, -0.15) is 0 Å². The molecular formula is C9H17N3O3. The van der Waals surface area contributed by atoms with E-state index in [1.165, 1.54) is 0 Å². The third kappa shape index (κ3) is 3.49. The van der Waals surface area contributed by atoms with Gasteiger partial charge in [0.1, 0.15) is 6.61 Å². The Balaban J connectivity index is 2.05. The number of rotatable bonds is 6. The van der Waals surface area contributed by atoms with E-state index in [9.17, 15) is 9.59 Å². The normalized spacial score (nSPS) is 17.9. The lowest BCUT2D eigenvalue weighted by Gasteiger charge is -2.36. The first-order chi connectivity index (χ1) is 7.04. The molecule has 0 aromatic carbocycles. The molecule has 6 heteroatoms. The Morgan fingerprint density at radius 1 is 1.40 bits per heavy atom. The molecule has 0 spiro atoms. The van der Waals surface area contributed by atoms with E-state index in [4.69, 9.17) is 16.2 Å². The van der Waals surface area contributed by atoms with Gasteiger partial charge in [0, 0.05) is 6.54 Å². The molecule has 5 N–H and O–H groups in total. The molecule has 0 bridgehead atoms. The maximum Gasteiger partial charge on any atom is 0.243 e. The minimum atomic E-state index is -0.677. The van der Waals surface area contributed by atoms with E-state index in [0.29, 0.717) is 6.54 Å². The summed E-state index contributed by atoms with van der Waals surface area (Å²) in [6, 6.07) is 0. The Hall–Kier alpha value is -1.14. The summed E-state index contributed by atoms with van der Waals surface area (Å²) in [7, 11) is 0. The van der Waals surface area contributed by atoms with Crippen molar-refractivity contribution in [3.63, 3.8) is 0 Å². The van der Waals surface area contributed by atoms with Crippen molar-refractivity contribution in [1.82, 2.24) is 5.32 Å². The number of hydrogen-bond acceptors (Lipinski definition) is 4. The highest BCUT2D eigenvalue weighted by atomic mass is 16.5. The summed E-state index contributed by atoms with van der Waals surface area (Å²) in [5.41, 5.74) is 9.97. The quantitative estimate of drug-likeness (QED) is 0.468. The van der Waals surface area contributed by atoms with E-state index in [0.717, 1.165) is 19.3 Å². The van der Waals surface area contributed by atoms with Crippen LogP contribution in [0.25, 0.3) is 0 Å². The summed E-state index contributed by atoms with van der Waals surface area (Å²) in [4.78, 5) is 21.8. The minimum absolute atomic E-state index is 0.121. The summed E-state index contributed by atoms with van der Waals surface area (Å²) < 4.78 is 4.88. The first-order valence-corrected chi connectivity index (χ1v) is 4.98. The molecule has 1 rings (SSSR count). The Morgan fingerprint density at radius 3 is 2.53 bits per heavy atom. The van der Waals surface area contributed by atoms with Crippen LogP contribution in [0.1, 0.15) is 19.3 Å². The first kappa shape index (κ1) is 11.9. The fourth-order valence-corrected chi connectivity index (χ4v) is 1.37. The highest BCUT2D eigenvalue weighted by Crippen LogP contribution is 2.28. The van der Waals surface area contributed by atoms with Crippen LogP contribution in [0.4, 0.5) is 0 Å². The van der Waals surface area contributed by atoms with Gasteiger partial charge in [-0.1, -0.05) is 0 Å². The second-order valence-corrected chi connectivity index (χ2v) is 3.78. The maximum atomic E-state index is 11.5. The predicted molar refractivity (Wildman–Crippen MR) is 53.8 cm³/mol. The third-order valence-corrected chi connectivity index (χ3v) is 2.47. The zero-order chi connectivity index (χ0) is 11.3. The lowest BCUT2D eigenvalue weighted by molar-refractivity contribution is -0.129. The highest BCUT2D eigenvalue weighted by molar-refractivity contribution is 5.86. The van der Waals surface area contributed by atoms with Crippen molar-refractivity contribution in [2.24, 2.45) is 11.5 Å². The molecule has 0 aromatic rings. The van der Waals surface area contributed by atoms with E-state index < -0.39 is 11.4 Å². The lowest BCUT2D eigenvalue weighted by Crippen LogP contribution is -2.58. The fourth-order valence-electron chi connectivity index (χ4n) is 1.37. The first-order valence-electron chi connectivity index (χ1n) is 4.98. The van der Waals surface area contributed by atoms with Crippen molar-refractivity contribution >= 4 is 11.8 Å². The molecule has 1 aliphatic rings. The van der Waals surface area contributed by atoms with Gasteiger partial charge in [-0.15, -0.1) is 0 Å². The molecule has 0 aliphatic heterocycles. The molecule has 1 fully saturated rings. The summed E-state index contributed by atoms with van der Waals surface area (Å²) in [5.74, 6) is -0.660. The Labute approximate surface area is 88.3 Å². The molecule has 0 radical (unpaired) electrons. The number of carbonyl (C=O) groups is 2. The van der Waals surface area contributed by atoms with Crippen LogP contribution in [0.2, 0.25) is 0 Å². The van der Waals surface area contributed by atoms with Crippen molar-refractivity contribution in [3.05, 3.63) is 0 Å². The van der Waals surface area contributed by atoms with E-state index >= 15 is 0 Å². The van der Waals surface area contributed by atoms with Crippen LogP contribution in [0, 0.1) is 0 Å². The molecule has 1 aliphatic carbocycles. The summed E-state index contributed by atoms with van der Waals surface area (Å²) in [5, 5.41) is 2.66. The molecular weight excluding hydrogens is 198 g/mol. The minimum Gasteiger partial charge on any atom is -0.370 e. The van der Waals surface area contributed by atoms with Gasteiger partial charge < -0.3 is 21.5 Å². The fraction of sp³-hybridized carbons (Fsp3) is 0.778. The largest absolute Gasteiger partial charge is 0.370 e. The van der Waals surface area contributed by atoms with Gasteiger partial charge in [-0.3, -0.25) is 9.59 Å². The number of nitrogens with two attached hydrogens (primary N) is 2. The highest BCUT2D eigenvalue weighted by Gasteiger charge is 2.39. The van der Waals surface area contributed by atoms with Crippen molar-refractivity contribution < 1.29 is 14.3 Å². The summed E-state index contributed by atoms with van der Waals surface area (Å²) in [6.07, 6.45) is 2.48. The van der Waals surface area contributed by atoms with Gasteiger partial charge in [0.2, 0.25) is 11.8 Å². The molecule has 2 amide bonds. The molecule has 0 saturated heterocycles. The third-order valence-electron chi connectivity index (χ3n) is 2.47. The zero-order valence-electron chi connectivity index (χ0n) is 8.62. The molecule has 0 atom stereocenters. The van der Waals surface area contributed by atoms with Crippen LogP contribution in [0.3, 0.4) is 0 Å². The van der Waals surface area contributed by atoms with Crippen molar-refractivity contribution in [2.45, 2.75) is 24.8 Å². The molecule has 0 heterocycles. The average Bonchev–Trinajstić information content (AvgIpc) is 2.12. The van der Waals surface area contributed by atoms with Crippen molar-refractivity contribution in [1.29, 1.82) is 0 Å².